The summed E-state index contributed by atoms with van der Waals surface area (Å²) in [6, 6.07) is 7.02. The Morgan fingerprint density at radius 3 is 2.76 bits per heavy atom. The van der Waals surface area contributed by atoms with E-state index in [1.165, 1.54) is 0 Å². The van der Waals surface area contributed by atoms with Gasteiger partial charge in [-0.15, -0.1) is 0 Å². The lowest BCUT2D eigenvalue weighted by molar-refractivity contribution is -0.147. The third-order valence-electron chi connectivity index (χ3n) is 3.12. The summed E-state index contributed by atoms with van der Waals surface area (Å²) in [5.74, 6) is 0.108. The molecule has 2 N–H and O–H groups in total. The molecule has 17 heavy (non-hydrogen) atoms. The Labute approximate surface area is 101 Å². The Hall–Kier alpha value is -1.55. The van der Waals surface area contributed by atoms with Gasteiger partial charge in [-0.3, -0.25) is 4.79 Å². The molecule has 0 aromatic heterocycles. The molecule has 4 heteroatoms. The van der Waals surface area contributed by atoms with Crippen LogP contribution in [0.5, 0.6) is 5.75 Å². The summed E-state index contributed by atoms with van der Waals surface area (Å²) < 4.78 is 5.07. The van der Waals surface area contributed by atoms with E-state index in [1.807, 2.05) is 19.1 Å². The molecular weight excluding hydrogens is 218 g/mol. The summed E-state index contributed by atoms with van der Waals surface area (Å²) in [5.41, 5.74) is 1.06. The first-order chi connectivity index (χ1) is 8.22. The Balaban J connectivity index is 2.14. The maximum Gasteiger partial charge on any atom is 0.310 e. The van der Waals surface area contributed by atoms with Crippen LogP contribution < -0.4 is 5.32 Å². The number of carbonyl (C=O) groups is 1. The number of phenolic OH excluding ortho intramolecular Hbond substituents is 1. The molecule has 2 rings (SSSR count). The van der Waals surface area contributed by atoms with E-state index in [-0.39, 0.29) is 23.6 Å². The summed E-state index contributed by atoms with van der Waals surface area (Å²) in [4.78, 5) is 11.8. The average Bonchev–Trinajstić information content (AvgIpc) is 2.79. The highest BCUT2D eigenvalue weighted by Gasteiger charge is 2.34. The Morgan fingerprint density at radius 1 is 1.41 bits per heavy atom. The molecule has 0 bridgehead atoms. The van der Waals surface area contributed by atoms with Crippen LogP contribution in [0.15, 0.2) is 24.3 Å². The number of hydrogen-bond acceptors (Lipinski definition) is 4. The van der Waals surface area contributed by atoms with Crippen molar-refractivity contribution in [3.63, 3.8) is 0 Å². The SMILES string of the molecule is CCOC(=O)[C@@H]1CNC[C@@H]1c1ccc(O)cc1. The number of carbonyl (C=O) groups excluding carboxylic acids is 1. The van der Waals surface area contributed by atoms with E-state index in [4.69, 9.17) is 4.74 Å². The van der Waals surface area contributed by atoms with Gasteiger partial charge in [0.1, 0.15) is 5.75 Å². The van der Waals surface area contributed by atoms with Crippen molar-refractivity contribution in [1.82, 2.24) is 5.32 Å². The van der Waals surface area contributed by atoms with E-state index in [1.54, 1.807) is 12.1 Å². The van der Waals surface area contributed by atoms with Gasteiger partial charge in [-0.1, -0.05) is 12.1 Å². The van der Waals surface area contributed by atoms with E-state index < -0.39 is 0 Å². The molecule has 4 nitrogen and oxygen atoms in total. The molecule has 2 atom stereocenters. The Morgan fingerprint density at radius 2 is 2.12 bits per heavy atom. The zero-order valence-corrected chi connectivity index (χ0v) is 9.85. The number of aromatic hydroxyl groups is 1. The molecule has 0 radical (unpaired) electrons. The van der Waals surface area contributed by atoms with Crippen molar-refractivity contribution >= 4 is 5.97 Å². The molecule has 1 saturated heterocycles. The zero-order chi connectivity index (χ0) is 12.3. The third kappa shape index (κ3) is 2.58. The van der Waals surface area contributed by atoms with Gasteiger partial charge in [0.2, 0.25) is 0 Å². The highest BCUT2D eigenvalue weighted by Crippen LogP contribution is 2.29. The van der Waals surface area contributed by atoms with Crippen LogP contribution in [0.1, 0.15) is 18.4 Å². The second kappa shape index (κ2) is 5.19. The van der Waals surface area contributed by atoms with Crippen molar-refractivity contribution in [3.8, 4) is 5.75 Å². The van der Waals surface area contributed by atoms with Crippen LogP contribution in [0.4, 0.5) is 0 Å². The fourth-order valence-corrected chi connectivity index (χ4v) is 2.25. The quantitative estimate of drug-likeness (QED) is 0.774. The topological polar surface area (TPSA) is 58.6 Å². The maximum atomic E-state index is 11.8. The zero-order valence-electron chi connectivity index (χ0n) is 9.85. The van der Waals surface area contributed by atoms with Crippen molar-refractivity contribution in [3.05, 3.63) is 29.8 Å². The van der Waals surface area contributed by atoms with Crippen LogP contribution in [0, 0.1) is 5.92 Å². The third-order valence-corrected chi connectivity index (χ3v) is 3.12. The second-order valence-electron chi connectivity index (χ2n) is 4.21. The predicted molar refractivity (Wildman–Crippen MR) is 63.8 cm³/mol. The van der Waals surface area contributed by atoms with Crippen molar-refractivity contribution in [1.29, 1.82) is 0 Å². The number of benzene rings is 1. The molecule has 1 aromatic carbocycles. The number of phenols is 1. The Kier molecular flexibility index (Phi) is 3.64. The van der Waals surface area contributed by atoms with Crippen molar-refractivity contribution < 1.29 is 14.6 Å². The molecule has 92 valence electrons. The standard InChI is InChI=1S/C13H17NO3/c1-2-17-13(16)12-8-14-7-11(12)9-3-5-10(15)6-4-9/h3-6,11-12,14-15H,2,7-8H2,1H3/t11-,12-/m1/s1. The van der Waals surface area contributed by atoms with Gasteiger partial charge in [-0.05, 0) is 24.6 Å². The second-order valence-corrected chi connectivity index (χ2v) is 4.21. The van der Waals surface area contributed by atoms with Gasteiger partial charge in [0.15, 0.2) is 0 Å². The number of ether oxygens (including phenoxy) is 1. The molecule has 1 aromatic rings. The molecule has 0 saturated carbocycles. The molecule has 1 aliphatic rings. The summed E-state index contributed by atoms with van der Waals surface area (Å²) in [7, 11) is 0. The van der Waals surface area contributed by atoms with Gasteiger partial charge in [-0.25, -0.2) is 0 Å². The van der Waals surface area contributed by atoms with Gasteiger partial charge < -0.3 is 15.2 Å². The molecule has 0 amide bonds. The van der Waals surface area contributed by atoms with Gasteiger partial charge >= 0.3 is 5.97 Å². The lowest BCUT2D eigenvalue weighted by Gasteiger charge is -2.17. The minimum atomic E-state index is -0.143. The maximum absolute atomic E-state index is 11.8. The fourth-order valence-electron chi connectivity index (χ4n) is 2.25. The lowest BCUT2D eigenvalue weighted by atomic mass is 9.89. The van der Waals surface area contributed by atoms with Crippen molar-refractivity contribution in [2.75, 3.05) is 19.7 Å². The first kappa shape index (κ1) is 11.9. The number of nitrogens with one attached hydrogen (secondary N) is 1. The molecule has 1 aliphatic heterocycles. The van der Waals surface area contributed by atoms with E-state index in [9.17, 15) is 9.90 Å². The molecule has 0 unspecified atom stereocenters. The summed E-state index contributed by atoms with van der Waals surface area (Å²) in [5, 5.41) is 12.5. The van der Waals surface area contributed by atoms with Crippen molar-refractivity contribution in [2.24, 2.45) is 5.92 Å². The first-order valence-electron chi connectivity index (χ1n) is 5.88. The Bertz CT molecular complexity index is 388. The van der Waals surface area contributed by atoms with Crippen LogP contribution in [0.2, 0.25) is 0 Å². The summed E-state index contributed by atoms with van der Waals surface area (Å²) >= 11 is 0. The van der Waals surface area contributed by atoms with Crippen LogP contribution in [0.25, 0.3) is 0 Å². The molecular formula is C13H17NO3. The molecule has 0 spiro atoms. The predicted octanol–water partition coefficient (Wildman–Crippen LogP) is 1.26. The van der Waals surface area contributed by atoms with Crippen LogP contribution in [-0.2, 0) is 9.53 Å². The number of hydrogen-bond donors (Lipinski definition) is 2. The summed E-state index contributed by atoms with van der Waals surface area (Å²) in [6.45, 7) is 3.66. The van der Waals surface area contributed by atoms with Gasteiger partial charge in [-0.2, -0.15) is 0 Å². The van der Waals surface area contributed by atoms with Gasteiger partial charge in [0.25, 0.3) is 0 Å². The normalized spacial score (nSPS) is 23.6. The number of esters is 1. The molecule has 1 heterocycles. The average molecular weight is 235 g/mol. The minimum Gasteiger partial charge on any atom is -0.508 e. The van der Waals surface area contributed by atoms with E-state index in [0.717, 1.165) is 12.1 Å². The lowest BCUT2D eigenvalue weighted by Crippen LogP contribution is -2.24. The van der Waals surface area contributed by atoms with Crippen LogP contribution in [0.3, 0.4) is 0 Å². The summed E-state index contributed by atoms with van der Waals surface area (Å²) in [6.07, 6.45) is 0. The monoisotopic (exact) mass is 235 g/mol. The van der Waals surface area contributed by atoms with E-state index >= 15 is 0 Å². The molecule has 0 aliphatic carbocycles. The first-order valence-corrected chi connectivity index (χ1v) is 5.88. The highest BCUT2D eigenvalue weighted by molar-refractivity contribution is 5.74. The fraction of sp³-hybridized carbons (Fsp3) is 0.462. The minimum absolute atomic E-state index is 0.125. The highest BCUT2D eigenvalue weighted by atomic mass is 16.5. The van der Waals surface area contributed by atoms with Gasteiger partial charge in [0, 0.05) is 19.0 Å². The van der Waals surface area contributed by atoms with Crippen LogP contribution >= 0.6 is 0 Å². The smallest absolute Gasteiger partial charge is 0.310 e. The van der Waals surface area contributed by atoms with Crippen molar-refractivity contribution in [2.45, 2.75) is 12.8 Å². The van der Waals surface area contributed by atoms with E-state index in [2.05, 4.69) is 5.32 Å². The van der Waals surface area contributed by atoms with E-state index in [0.29, 0.717) is 13.2 Å². The largest absolute Gasteiger partial charge is 0.508 e. The molecule has 1 fully saturated rings. The van der Waals surface area contributed by atoms with Crippen LogP contribution in [-0.4, -0.2) is 30.8 Å². The number of rotatable bonds is 3. The van der Waals surface area contributed by atoms with Gasteiger partial charge in [0.05, 0.1) is 12.5 Å².